The van der Waals surface area contributed by atoms with E-state index in [2.05, 4.69) is 10.5 Å². The number of ether oxygens (including phenoxy) is 2. The molecule has 1 saturated heterocycles. The van der Waals surface area contributed by atoms with Gasteiger partial charge in [0.15, 0.2) is 23.1 Å². The van der Waals surface area contributed by atoms with Crippen LogP contribution in [0.4, 0.5) is 10.2 Å². The second-order valence-electron chi connectivity index (χ2n) is 7.41. The van der Waals surface area contributed by atoms with Gasteiger partial charge >= 0.3 is 0 Å². The largest absolute Gasteiger partial charge is 0.494 e. The summed E-state index contributed by atoms with van der Waals surface area (Å²) in [4.78, 5) is 14.8. The second kappa shape index (κ2) is 8.79. The third-order valence-corrected chi connectivity index (χ3v) is 5.25. The van der Waals surface area contributed by atoms with E-state index in [4.69, 9.17) is 14.0 Å². The molecule has 1 aromatic heterocycles. The molecule has 158 valence electrons. The SMILES string of the molecule is COc1cc(-c2onc(N(C)C)c2C(=O)NCC2(CO)CCOCC2)ccc1F. The quantitative estimate of drug-likeness (QED) is 0.725. The van der Waals surface area contributed by atoms with Crippen LogP contribution in [0.1, 0.15) is 23.2 Å². The molecule has 0 spiro atoms. The summed E-state index contributed by atoms with van der Waals surface area (Å²) in [6.45, 7) is 1.36. The number of nitrogens with zero attached hydrogens (tertiary/aromatic N) is 2. The summed E-state index contributed by atoms with van der Waals surface area (Å²) in [6.07, 6.45) is 1.33. The summed E-state index contributed by atoms with van der Waals surface area (Å²) < 4.78 is 29.6. The summed E-state index contributed by atoms with van der Waals surface area (Å²) in [6, 6.07) is 4.21. The zero-order valence-electron chi connectivity index (χ0n) is 16.8. The molecule has 2 aromatic rings. The van der Waals surface area contributed by atoms with E-state index in [1.165, 1.54) is 25.3 Å². The van der Waals surface area contributed by atoms with Gasteiger partial charge < -0.3 is 29.3 Å². The van der Waals surface area contributed by atoms with E-state index < -0.39 is 11.2 Å². The molecule has 1 aliphatic rings. The standard InChI is InChI=1S/C20H26FN3O5/c1-24(2)18-16(19(26)22-11-20(12-25)6-8-28-9-7-20)17(29-23-18)13-4-5-14(21)15(10-13)27-3/h4-5,10,25H,6-9,11-12H2,1-3H3,(H,22,26). The average Bonchev–Trinajstić information content (AvgIpc) is 3.18. The van der Waals surface area contributed by atoms with Crippen molar-refractivity contribution in [2.75, 3.05) is 52.5 Å². The zero-order chi connectivity index (χ0) is 21.0. The molecular formula is C20H26FN3O5. The second-order valence-corrected chi connectivity index (χ2v) is 7.41. The van der Waals surface area contributed by atoms with E-state index >= 15 is 0 Å². The van der Waals surface area contributed by atoms with E-state index in [-0.39, 0.29) is 29.6 Å². The van der Waals surface area contributed by atoms with Gasteiger partial charge in [0.1, 0.15) is 5.56 Å². The number of halogens is 1. The lowest BCUT2D eigenvalue weighted by molar-refractivity contribution is -0.0146. The Morgan fingerprint density at radius 1 is 1.38 bits per heavy atom. The van der Waals surface area contributed by atoms with Gasteiger partial charge in [-0.15, -0.1) is 0 Å². The van der Waals surface area contributed by atoms with Crippen molar-refractivity contribution in [2.24, 2.45) is 5.41 Å². The Bertz CT molecular complexity index is 862. The number of methoxy groups -OCH3 is 1. The first-order valence-electron chi connectivity index (χ1n) is 9.38. The summed E-state index contributed by atoms with van der Waals surface area (Å²) in [5.41, 5.74) is 0.295. The predicted octanol–water partition coefficient (Wildman–Crippen LogP) is 2.07. The Kier molecular flexibility index (Phi) is 6.39. The number of hydrogen-bond donors (Lipinski definition) is 2. The van der Waals surface area contributed by atoms with Crippen molar-refractivity contribution in [1.82, 2.24) is 10.5 Å². The first-order valence-corrected chi connectivity index (χ1v) is 9.38. The van der Waals surface area contributed by atoms with Crippen molar-refractivity contribution in [3.63, 3.8) is 0 Å². The Morgan fingerprint density at radius 2 is 2.10 bits per heavy atom. The third-order valence-electron chi connectivity index (χ3n) is 5.25. The Morgan fingerprint density at radius 3 is 2.72 bits per heavy atom. The van der Waals surface area contributed by atoms with Crippen LogP contribution in [0, 0.1) is 11.2 Å². The molecule has 29 heavy (non-hydrogen) atoms. The molecular weight excluding hydrogens is 381 g/mol. The number of carbonyl (C=O) groups excluding carboxylic acids is 1. The van der Waals surface area contributed by atoms with Gasteiger partial charge in [-0.05, 0) is 31.0 Å². The Hall–Kier alpha value is -2.65. The highest BCUT2D eigenvalue weighted by Gasteiger charge is 2.34. The smallest absolute Gasteiger partial charge is 0.259 e. The van der Waals surface area contributed by atoms with Crippen LogP contribution in [0.5, 0.6) is 5.75 Å². The van der Waals surface area contributed by atoms with Gasteiger partial charge in [-0.2, -0.15) is 0 Å². The average molecular weight is 407 g/mol. The number of amides is 1. The van der Waals surface area contributed by atoms with E-state index in [0.717, 1.165) is 0 Å². The van der Waals surface area contributed by atoms with Gasteiger partial charge in [0.25, 0.3) is 5.91 Å². The van der Waals surface area contributed by atoms with Crippen molar-refractivity contribution in [2.45, 2.75) is 12.8 Å². The molecule has 0 radical (unpaired) electrons. The molecule has 1 aromatic carbocycles. The van der Waals surface area contributed by atoms with Crippen molar-refractivity contribution >= 4 is 11.7 Å². The van der Waals surface area contributed by atoms with E-state index in [0.29, 0.717) is 44.0 Å². The molecule has 1 amide bonds. The highest BCUT2D eigenvalue weighted by atomic mass is 19.1. The van der Waals surface area contributed by atoms with Gasteiger partial charge in [0, 0.05) is 44.8 Å². The fourth-order valence-corrected chi connectivity index (χ4v) is 3.34. The lowest BCUT2D eigenvalue weighted by atomic mass is 9.81. The van der Waals surface area contributed by atoms with Crippen LogP contribution >= 0.6 is 0 Å². The minimum Gasteiger partial charge on any atom is -0.494 e. The molecule has 9 heteroatoms. The van der Waals surface area contributed by atoms with Gasteiger partial charge in [0.05, 0.1) is 13.7 Å². The number of aliphatic hydroxyl groups is 1. The summed E-state index contributed by atoms with van der Waals surface area (Å²) in [7, 11) is 4.86. The van der Waals surface area contributed by atoms with Gasteiger partial charge in [0.2, 0.25) is 0 Å². The molecule has 0 saturated carbocycles. The Labute approximate surface area is 168 Å². The van der Waals surface area contributed by atoms with Crippen LogP contribution in [-0.2, 0) is 4.74 Å². The fraction of sp³-hybridized carbons (Fsp3) is 0.500. The van der Waals surface area contributed by atoms with E-state index in [9.17, 15) is 14.3 Å². The summed E-state index contributed by atoms with van der Waals surface area (Å²) >= 11 is 0. The minimum atomic E-state index is -0.515. The summed E-state index contributed by atoms with van der Waals surface area (Å²) in [5, 5.41) is 16.8. The van der Waals surface area contributed by atoms with Crippen molar-refractivity contribution in [3.8, 4) is 17.1 Å². The van der Waals surface area contributed by atoms with Crippen LogP contribution in [0.25, 0.3) is 11.3 Å². The minimum absolute atomic E-state index is 0.0389. The molecule has 1 fully saturated rings. The first-order chi connectivity index (χ1) is 13.9. The lowest BCUT2D eigenvalue weighted by Gasteiger charge is -2.35. The maximum Gasteiger partial charge on any atom is 0.259 e. The molecule has 8 nitrogen and oxygen atoms in total. The molecule has 0 bridgehead atoms. The number of nitrogens with one attached hydrogen (secondary N) is 1. The Balaban J connectivity index is 1.91. The van der Waals surface area contributed by atoms with Crippen LogP contribution < -0.4 is 15.0 Å². The van der Waals surface area contributed by atoms with E-state index in [1.54, 1.807) is 19.0 Å². The molecule has 0 unspecified atom stereocenters. The fourth-order valence-electron chi connectivity index (χ4n) is 3.34. The van der Waals surface area contributed by atoms with Gasteiger partial charge in [-0.3, -0.25) is 4.79 Å². The number of carbonyl (C=O) groups is 1. The van der Waals surface area contributed by atoms with Crippen LogP contribution in [-0.4, -0.2) is 63.7 Å². The highest BCUT2D eigenvalue weighted by molar-refractivity contribution is 6.04. The summed E-state index contributed by atoms with van der Waals surface area (Å²) in [5.74, 6) is -0.287. The topological polar surface area (TPSA) is 97.1 Å². The number of hydrogen-bond acceptors (Lipinski definition) is 7. The lowest BCUT2D eigenvalue weighted by Crippen LogP contribution is -2.44. The first kappa shape index (κ1) is 21.1. The number of anilines is 1. The number of benzene rings is 1. The maximum absolute atomic E-state index is 13.8. The molecule has 0 atom stereocenters. The predicted molar refractivity (Wildman–Crippen MR) is 105 cm³/mol. The zero-order valence-corrected chi connectivity index (χ0v) is 16.8. The van der Waals surface area contributed by atoms with Crippen molar-refractivity contribution in [3.05, 3.63) is 29.6 Å². The number of aromatic nitrogens is 1. The van der Waals surface area contributed by atoms with Crippen molar-refractivity contribution in [1.29, 1.82) is 0 Å². The molecule has 2 heterocycles. The molecule has 3 rings (SSSR count). The van der Waals surface area contributed by atoms with Crippen molar-refractivity contribution < 1.29 is 28.3 Å². The number of aliphatic hydroxyl groups excluding tert-OH is 1. The monoisotopic (exact) mass is 407 g/mol. The normalized spacial score (nSPS) is 15.8. The van der Waals surface area contributed by atoms with Crippen LogP contribution in [0.15, 0.2) is 22.7 Å². The van der Waals surface area contributed by atoms with E-state index in [1.807, 2.05) is 0 Å². The molecule has 2 N–H and O–H groups in total. The number of rotatable bonds is 7. The highest BCUT2D eigenvalue weighted by Crippen LogP contribution is 2.34. The molecule has 1 aliphatic heterocycles. The van der Waals surface area contributed by atoms with Crippen LogP contribution in [0.2, 0.25) is 0 Å². The third kappa shape index (κ3) is 4.35. The van der Waals surface area contributed by atoms with Crippen LogP contribution in [0.3, 0.4) is 0 Å². The molecule has 0 aliphatic carbocycles. The van der Waals surface area contributed by atoms with Gasteiger partial charge in [-0.25, -0.2) is 4.39 Å². The maximum atomic E-state index is 13.8. The van der Waals surface area contributed by atoms with Gasteiger partial charge in [-0.1, -0.05) is 5.16 Å².